The monoisotopic (exact) mass is 293 g/mol. The van der Waals surface area contributed by atoms with E-state index in [9.17, 15) is 4.79 Å². The number of carbonyl (C=O) groups excluding carboxylic acids is 1. The number of carbonyl (C=O) groups is 1. The van der Waals surface area contributed by atoms with Gasteiger partial charge in [-0.15, -0.1) is 12.6 Å². The molecule has 0 atom stereocenters. The molecular weight excluding hydrogens is 282 g/mol. The number of benzene rings is 2. The van der Waals surface area contributed by atoms with E-state index in [1.54, 1.807) is 12.1 Å². The Kier molecular flexibility index (Phi) is 4.27. The molecule has 4 nitrogen and oxygen atoms in total. The summed E-state index contributed by atoms with van der Waals surface area (Å²) in [5.41, 5.74) is 2.34. The summed E-state index contributed by atoms with van der Waals surface area (Å²) in [6, 6.07) is 13.8. The summed E-state index contributed by atoms with van der Waals surface area (Å²) in [4.78, 5) is 12.9. The first-order chi connectivity index (χ1) is 10.0. The first kappa shape index (κ1) is 14.6. The lowest BCUT2D eigenvalue weighted by atomic mass is 10.1. The van der Waals surface area contributed by atoms with E-state index in [0.29, 0.717) is 16.1 Å². The molecular formula is C16H11N3OS. The summed E-state index contributed by atoms with van der Waals surface area (Å²) in [5, 5.41) is 20.6. The minimum absolute atomic E-state index is 0.231. The number of nitrogens with zero attached hydrogens (tertiary/aromatic N) is 2. The molecule has 0 saturated carbocycles. The summed E-state index contributed by atoms with van der Waals surface area (Å²) >= 11 is 4.22. The van der Waals surface area contributed by atoms with Gasteiger partial charge in [0.25, 0.3) is 5.91 Å². The zero-order chi connectivity index (χ0) is 15.4. The van der Waals surface area contributed by atoms with Gasteiger partial charge in [-0.2, -0.15) is 10.5 Å². The number of nitriles is 2. The van der Waals surface area contributed by atoms with Crippen molar-refractivity contribution < 1.29 is 4.79 Å². The molecule has 0 spiro atoms. The maximum Gasteiger partial charge on any atom is 0.255 e. The van der Waals surface area contributed by atoms with E-state index in [2.05, 4.69) is 17.9 Å². The largest absolute Gasteiger partial charge is 0.322 e. The fourth-order valence-electron chi connectivity index (χ4n) is 1.87. The van der Waals surface area contributed by atoms with Gasteiger partial charge in [-0.3, -0.25) is 4.79 Å². The molecule has 0 aliphatic rings. The van der Waals surface area contributed by atoms with E-state index in [1.807, 2.05) is 31.2 Å². The highest BCUT2D eigenvalue weighted by molar-refractivity contribution is 7.80. The molecule has 0 aliphatic heterocycles. The lowest BCUT2D eigenvalue weighted by Crippen LogP contribution is -2.13. The van der Waals surface area contributed by atoms with Crippen molar-refractivity contribution in [3.05, 3.63) is 58.7 Å². The maximum atomic E-state index is 12.2. The fourth-order valence-corrected chi connectivity index (χ4v) is 2.07. The second-order valence-corrected chi connectivity index (χ2v) is 4.95. The second-order valence-electron chi connectivity index (χ2n) is 4.44. The normalized spacial score (nSPS) is 9.52. The summed E-state index contributed by atoms with van der Waals surface area (Å²) in [7, 11) is 0. The van der Waals surface area contributed by atoms with Crippen LogP contribution in [0.3, 0.4) is 0 Å². The third-order valence-corrected chi connectivity index (χ3v) is 3.26. The SMILES string of the molecule is Cc1ccc(S)cc1C(=O)Nc1ccc(C#N)c(C#N)c1. The topological polar surface area (TPSA) is 76.7 Å². The van der Waals surface area contributed by atoms with Crippen molar-refractivity contribution in [1.29, 1.82) is 10.5 Å². The zero-order valence-corrected chi connectivity index (χ0v) is 12.1. The zero-order valence-electron chi connectivity index (χ0n) is 11.2. The van der Waals surface area contributed by atoms with Gasteiger partial charge in [-0.25, -0.2) is 0 Å². The minimum Gasteiger partial charge on any atom is -0.322 e. The molecule has 0 saturated heterocycles. The third kappa shape index (κ3) is 3.22. The molecule has 0 aliphatic carbocycles. The van der Waals surface area contributed by atoms with E-state index < -0.39 is 0 Å². The van der Waals surface area contributed by atoms with Crippen LogP contribution < -0.4 is 5.32 Å². The number of amides is 1. The Bertz CT molecular complexity index is 800. The summed E-state index contributed by atoms with van der Waals surface area (Å²) < 4.78 is 0. The van der Waals surface area contributed by atoms with E-state index in [0.717, 1.165) is 5.56 Å². The van der Waals surface area contributed by atoms with E-state index in [4.69, 9.17) is 10.5 Å². The highest BCUT2D eigenvalue weighted by Crippen LogP contribution is 2.18. The molecule has 0 fully saturated rings. The van der Waals surface area contributed by atoms with Crippen molar-refractivity contribution >= 4 is 24.2 Å². The molecule has 0 aromatic heterocycles. The van der Waals surface area contributed by atoms with Crippen molar-refractivity contribution in [3.63, 3.8) is 0 Å². The average Bonchev–Trinajstić information content (AvgIpc) is 2.49. The van der Waals surface area contributed by atoms with Gasteiger partial charge in [0.15, 0.2) is 0 Å². The Hall–Kier alpha value is -2.76. The van der Waals surface area contributed by atoms with Crippen LogP contribution in [0, 0.1) is 29.6 Å². The number of anilines is 1. The number of aryl methyl sites for hydroxylation is 1. The maximum absolute atomic E-state index is 12.2. The number of hydrogen-bond donors (Lipinski definition) is 2. The number of nitrogens with one attached hydrogen (secondary N) is 1. The standard InChI is InChI=1S/C16H11N3OS/c1-10-2-5-14(21)7-15(10)16(20)19-13-4-3-11(8-17)12(6-13)9-18/h2-7,21H,1H3,(H,19,20). The minimum atomic E-state index is -0.281. The van der Waals surface area contributed by atoms with Crippen LogP contribution in [0.5, 0.6) is 0 Å². The predicted molar refractivity (Wildman–Crippen MR) is 82.3 cm³/mol. The van der Waals surface area contributed by atoms with Gasteiger partial charge in [0.05, 0.1) is 11.1 Å². The Morgan fingerprint density at radius 2 is 1.81 bits per heavy atom. The molecule has 21 heavy (non-hydrogen) atoms. The Labute approximate surface area is 128 Å². The molecule has 1 N–H and O–H groups in total. The van der Waals surface area contributed by atoms with Crippen LogP contribution in [0.4, 0.5) is 5.69 Å². The van der Waals surface area contributed by atoms with Crippen LogP contribution in [-0.4, -0.2) is 5.91 Å². The van der Waals surface area contributed by atoms with Gasteiger partial charge in [0.2, 0.25) is 0 Å². The number of rotatable bonds is 2. The van der Waals surface area contributed by atoms with Gasteiger partial charge in [-0.05, 0) is 42.8 Å². The molecule has 0 radical (unpaired) electrons. The summed E-state index contributed by atoms with van der Waals surface area (Å²) in [5.74, 6) is -0.281. The predicted octanol–water partition coefficient (Wildman–Crippen LogP) is 3.28. The van der Waals surface area contributed by atoms with Crippen LogP contribution >= 0.6 is 12.6 Å². The fraction of sp³-hybridized carbons (Fsp3) is 0.0625. The first-order valence-electron chi connectivity index (χ1n) is 6.10. The van der Waals surface area contributed by atoms with Crippen LogP contribution in [-0.2, 0) is 0 Å². The smallest absolute Gasteiger partial charge is 0.255 e. The summed E-state index contributed by atoms with van der Waals surface area (Å²) in [6.45, 7) is 1.83. The highest BCUT2D eigenvalue weighted by Gasteiger charge is 2.11. The van der Waals surface area contributed by atoms with Crippen molar-refractivity contribution in [2.24, 2.45) is 0 Å². The number of hydrogen-bond acceptors (Lipinski definition) is 4. The van der Waals surface area contributed by atoms with Crippen LogP contribution in [0.25, 0.3) is 0 Å². The molecule has 2 rings (SSSR count). The molecule has 0 unspecified atom stereocenters. The van der Waals surface area contributed by atoms with Crippen molar-refractivity contribution in [3.8, 4) is 12.1 Å². The van der Waals surface area contributed by atoms with E-state index >= 15 is 0 Å². The molecule has 0 bridgehead atoms. The van der Waals surface area contributed by atoms with E-state index in [-0.39, 0.29) is 17.0 Å². The molecule has 1 amide bonds. The van der Waals surface area contributed by atoms with Gasteiger partial charge >= 0.3 is 0 Å². The molecule has 0 heterocycles. The quantitative estimate of drug-likeness (QED) is 0.834. The molecule has 2 aromatic carbocycles. The Morgan fingerprint density at radius 1 is 1.10 bits per heavy atom. The van der Waals surface area contributed by atoms with Gasteiger partial charge in [0.1, 0.15) is 12.1 Å². The first-order valence-corrected chi connectivity index (χ1v) is 6.55. The van der Waals surface area contributed by atoms with Crippen molar-refractivity contribution in [2.45, 2.75) is 11.8 Å². The Morgan fingerprint density at radius 3 is 2.48 bits per heavy atom. The van der Waals surface area contributed by atoms with Crippen LogP contribution in [0.15, 0.2) is 41.3 Å². The molecule has 2 aromatic rings. The second kappa shape index (κ2) is 6.13. The average molecular weight is 293 g/mol. The van der Waals surface area contributed by atoms with Crippen molar-refractivity contribution in [1.82, 2.24) is 0 Å². The van der Waals surface area contributed by atoms with Crippen molar-refractivity contribution in [2.75, 3.05) is 5.32 Å². The lowest BCUT2D eigenvalue weighted by Gasteiger charge is -2.09. The van der Waals surface area contributed by atoms with Gasteiger partial charge < -0.3 is 5.32 Å². The highest BCUT2D eigenvalue weighted by atomic mass is 32.1. The van der Waals surface area contributed by atoms with Crippen LogP contribution in [0.1, 0.15) is 27.0 Å². The van der Waals surface area contributed by atoms with Crippen LogP contribution in [0.2, 0.25) is 0 Å². The summed E-state index contributed by atoms with van der Waals surface area (Å²) in [6.07, 6.45) is 0. The molecule has 102 valence electrons. The number of thiol groups is 1. The van der Waals surface area contributed by atoms with E-state index in [1.165, 1.54) is 12.1 Å². The lowest BCUT2D eigenvalue weighted by molar-refractivity contribution is 0.102. The molecule has 5 heteroatoms. The van der Waals surface area contributed by atoms with Gasteiger partial charge in [-0.1, -0.05) is 6.07 Å². The third-order valence-electron chi connectivity index (χ3n) is 2.98. The van der Waals surface area contributed by atoms with Gasteiger partial charge in [0, 0.05) is 16.1 Å². The Balaban J connectivity index is 2.30.